The average Bonchev–Trinajstić information content (AvgIpc) is 2.74. The third kappa shape index (κ3) is 2.83. The molecule has 0 aliphatic heterocycles. The summed E-state index contributed by atoms with van der Waals surface area (Å²) in [6.45, 7) is 6.05. The van der Waals surface area contributed by atoms with Gasteiger partial charge >= 0.3 is 0 Å². The average molecular weight is 371 g/mol. The molecule has 0 heterocycles. The van der Waals surface area contributed by atoms with E-state index in [1.807, 2.05) is 24.3 Å². The number of rotatable bonds is 4. The molecule has 1 aromatic carbocycles. The van der Waals surface area contributed by atoms with Crippen LogP contribution in [0.5, 0.6) is 0 Å². The number of benzene rings is 1. The van der Waals surface area contributed by atoms with Gasteiger partial charge in [0, 0.05) is 24.7 Å². The maximum absolute atomic E-state index is 10.0. The van der Waals surface area contributed by atoms with Crippen LogP contribution in [0.1, 0.15) is 44.6 Å². The van der Waals surface area contributed by atoms with Crippen molar-refractivity contribution in [3.8, 4) is 18.2 Å². The Morgan fingerprint density at radius 3 is 2.29 bits per heavy atom. The lowest BCUT2D eigenvalue weighted by Gasteiger charge is -2.43. The third-order valence-corrected chi connectivity index (χ3v) is 6.18. The number of nitriles is 3. The Labute approximate surface area is 167 Å². The van der Waals surface area contributed by atoms with Crippen molar-refractivity contribution in [2.45, 2.75) is 39.0 Å². The maximum Gasteiger partial charge on any atom is 0.191 e. The number of nitrogens with zero attached hydrogens (tertiary/aromatic N) is 4. The van der Waals surface area contributed by atoms with Crippen molar-refractivity contribution < 1.29 is 0 Å². The van der Waals surface area contributed by atoms with Crippen LogP contribution in [0.25, 0.3) is 0 Å². The summed E-state index contributed by atoms with van der Waals surface area (Å²) in [6.07, 6.45) is 4.78. The van der Waals surface area contributed by atoms with Crippen LogP contribution in [-0.2, 0) is 0 Å². The summed E-state index contributed by atoms with van der Waals surface area (Å²) >= 11 is 0. The number of allylic oxidation sites excluding steroid dienone is 4. The van der Waals surface area contributed by atoms with Crippen LogP contribution in [0.3, 0.4) is 0 Å². The minimum Gasteiger partial charge on any atom is -0.399 e. The Bertz CT molecular complexity index is 915. The smallest absolute Gasteiger partial charge is 0.191 e. The monoisotopic (exact) mass is 371 g/mol. The number of anilines is 1. The molecule has 2 aliphatic rings. The molecule has 0 aromatic heterocycles. The van der Waals surface area contributed by atoms with Crippen LogP contribution >= 0.6 is 0 Å². The van der Waals surface area contributed by atoms with Crippen LogP contribution in [-0.4, -0.2) is 13.1 Å². The van der Waals surface area contributed by atoms with Gasteiger partial charge in [-0.15, -0.1) is 0 Å². The first-order valence-corrected chi connectivity index (χ1v) is 9.86. The van der Waals surface area contributed by atoms with Gasteiger partial charge in [0.1, 0.15) is 6.07 Å². The Kier molecular flexibility index (Phi) is 5.43. The molecule has 0 spiro atoms. The fraction of sp³-hybridized carbons (Fsp3) is 0.435. The summed E-state index contributed by atoms with van der Waals surface area (Å²) in [5, 5.41) is 29.8. The molecule has 3 rings (SSSR count). The van der Waals surface area contributed by atoms with Gasteiger partial charge in [-0.25, -0.2) is 0 Å². The first-order chi connectivity index (χ1) is 13.6. The van der Waals surface area contributed by atoms with E-state index in [2.05, 4.69) is 43.0 Å². The van der Waals surface area contributed by atoms with Gasteiger partial charge in [-0.2, -0.15) is 15.8 Å². The number of hydrogen-bond acceptors (Lipinski definition) is 5. The summed E-state index contributed by atoms with van der Waals surface area (Å²) in [7, 11) is 0. The summed E-state index contributed by atoms with van der Waals surface area (Å²) < 4.78 is 0. The molecule has 1 aromatic rings. The highest BCUT2D eigenvalue weighted by Crippen LogP contribution is 2.55. The van der Waals surface area contributed by atoms with Crippen molar-refractivity contribution in [2.75, 3.05) is 18.0 Å². The van der Waals surface area contributed by atoms with Crippen LogP contribution < -0.4 is 10.6 Å². The molecule has 2 aliphatic carbocycles. The van der Waals surface area contributed by atoms with Gasteiger partial charge < -0.3 is 10.6 Å². The van der Waals surface area contributed by atoms with Crippen LogP contribution in [0, 0.1) is 45.3 Å². The van der Waals surface area contributed by atoms with E-state index < -0.39 is 5.41 Å². The second kappa shape index (κ2) is 7.79. The molecule has 0 fully saturated rings. The lowest BCUT2D eigenvalue weighted by atomic mass is 9.57. The van der Waals surface area contributed by atoms with Crippen molar-refractivity contribution in [1.82, 2.24) is 0 Å². The van der Waals surface area contributed by atoms with Crippen molar-refractivity contribution in [1.29, 1.82) is 15.8 Å². The van der Waals surface area contributed by atoms with E-state index in [0.717, 1.165) is 49.2 Å². The molecule has 2 N–H and O–H groups in total. The first kappa shape index (κ1) is 19.5. The van der Waals surface area contributed by atoms with E-state index in [4.69, 9.17) is 5.73 Å². The number of fused-ring (bicyclic) bond motifs is 1. The molecule has 0 unspecified atom stereocenters. The fourth-order valence-corrected chi connectivity index (χ4v) is 4.73. The largest absolute Gasteiger partial charge is 0.399 e. The molecule has 0 saturated carbocycles. The molecular weight excluding hydrogens is 346 g/mol. The zero-order valence-electron chi connectivity index (χ0n) is 16.4. The summed E-state index contributed by atoms with van der Waals surface area (Å²) in [5.74, 6) is -0.425. The highest BCUT2D eigenvalue weighted by molar-refractivity contribution is 5.60. The highest BCUT2D eigenvalue weighted by Gasteiger charge is 2.53. The van der Waals surface area contributed by atoms with E-state index >= 15 is 0 Å². The standard InChI is InChI=1S/C23H25N5/c1-3-28(4-2)17-11-9-16(10-12-17)21-19-8-6-5-7-18(19)20(13-24)22(27)23(21,14-25)15-26/h7,9-12,19,21H,3-6,8,27H2,1-2H3/t19-,21+/m1/s1. The topological polar surface area (TPSA) is 101 Å². The predicted octanol–water partition coefficient (Wildman–Crippen LogP) is 4.13. The van der Waals surface area contributed by atoms with Gasteiger partial charge in [-0.1, -0.05) is 18.2 Å². The Balaban J connectivity index is 2.18. The zero-order valence-corrected chi connectivity index (χ0v) is 16.4. The van der Waals surface area contributed by atoms with E-state index in [1.165, 1.54) is 0 Å². The molecule has 142 valence electrons. The molecule has 5 heteroatoms. The van der Waals surface area contributed by atoms with Gasteiger partial charge in [0.15, 0.2) is 5.41 Å². The second-order valence-electron chi connectivity index (χ2n) is 7.37. The Morgan fingerprint density at radius 2 is 1.75 bits per heavy atom. The van der Waals surface area contributed by atoms with Crippen LogP contribution in [0.4, 0.5) is 5.69 Å². The van der Waals surface area contributed by atoms with Crippen molar-refractivity contribution >= 4 is 5.69 Å². The van der Waals surface area contributed by atoms with Crippen molar-refractivity contribution in [3.05, 3.63) is 52.7 Å². The molecule has 28 heavy (non-hydrogen) atoms. The number of nitrogens with two attached hydrogens (primary N) is 1. The van der Waals surface area contributed by atoms with Gasteiger partial charge in [0.2, 0.25) is 0 Å². The molecule has 2 atom stereocenters. The highest BCUT2D eigenvalue weighted by atomic mass is 15.1. The van der Waals surface area contributed by atoms with Crippen molar-refractivity contribution in [2.24, 2.45) is 17.1 Å². The SMILES string of the molecule is CCN(CC)c1ccc([C@H]2[C@@H]3CCCC=C3C(C#N)=C(N)C2(C#N)C#N)cc1. The van der Waals surface area contributed by atoms with E-state index in [0.29, 0.717) is 5.57 Å². The molecule has 5 nitrogen and oxygen atoms in total. The quantitative estimate of drug-likeness (QED) is 0.857. The normalized spacial score (nSPS) is 22.9. The fourth-order valence-electron chi connectivity index (χ4n) is 4.73. The molecule has 0 bridgehead atoms. The Hall–Kier alpha value is -3.23. The first-order valence-electron chi connectivity index (χ1n) is 9.86. The van der Waals surface area contributed by atoms with Gasteiger partial charge in [-0.3, -0.25) is 0 Å². The van der Waals surface area contributed by atoms with Gasteiger partial charge in [-0.05, 0) is 62.3 Å². The van der Waals surface area contributed by atoms with E-state index in [9.17, 15) is 15.8 Å². The number of hydrogen-bond donors (Lipinski definition) is 1. The Morgan fingerprint density at radius 1 is 1.11 bits per heavy atom. The predicted molar refractivity (Wildman–Crippen MR) is 109 cm³/mol. The zero-order chi connectivity index (χ0) is 20.3. The molecule has 0 saturated heterocycles. The lowest BCUT2D eigenvalue weighted by Crippen LogP contribution is -2.42. The maximum atomic E-state index is 10.0. The summed E-state index contributed by atoms with van der Waals surface area (Å²) in [4.78, 5) is 2.25. The second-order valence-corrected chi connectivity index (χ2v) is 7.37. The van der Waals surface area contributed by atoms with Crippen molar-refractivity contribution in [3.63, 3.8) is 0 Å². The molecular formula is C23H25N5. The molecule has 0 radical (unpaired) electrons. The summed E-state index contributed by atoms with van der Waals surface area (Å²) in [6, 6.07) is 14.7. The minimum absolute atomic E-state index is 0.0469. The van der Waals surface area contributed by atoms with Gasteiger partial charge in [0.25, 0.3) is 0 Å². The molecule has 0 amide bonds. The third-order valence-electron chi connectivity index (χ3n) is 6.18. The lowest BCUT2D eigenvalue weighted by molar-refractivity contribution is 0.317. The summed E-state index contributed by atoms with van der Waals surface area (Å²) in [5.41, 5.74) is 8.15. The van der Waals surface area contributed by atoms with Crippen LogP contribution in [0.2, 0.25) is 0 Å². The van der Waals surface area contributed by atoms with E-state index in [1.54, 1.807) is 0 Å². The van der Waals surface area contributed by atoms with Gasteiger partial charge in [0.05, 0.1) is 23.4 Å². The minimum atomic E-state index is -1.53. The van der Waals surface area contributed by atoms with E-state index in [-0.39, 0.29) is 17.5 Å². The van der Waals surface area contributed by atoms with Crippen LogP contribution in [0.15, 0.2) is 47.2 Å².